The first kappa shape index (κ1) is 40.8. The van der Waals surface area contributed by atoms with Gasteiger partial charge in [0.2, 0.25) is 16.0 Å². The molecular formula is C26H26Cl2F5N9O7S2. The smallest absolute Gasteiger partial charge is 0.389 e. The Hall–Kier alpha value is -4.61. The highest BCUT2D eigenvalue weighted by Gasteiger charge is 2.29. The van der Waals surface area contributed by atoms with Gasteiger partial charge in [0.25, 0.3) is 10.0 Å². The Morgan fingerprint density at radius 2 is 1.67 bits per heavy atom. The number of ether oxygens (including phenoxy) is 1. The van der Waals surface area contributed by atoms with Gasteiger partial charge in [-0.3, -0.25) is 10.0 Å². The van der Waals surface area contributed by atoms with Crippen LogP contribution in [0.2, 0.25) is 10.0 Å². The Bertz CT molecular complexity index is 2200. The lowest BCUT2D eigenvalue weighted by Crippen LogP contribution is -2.35. The van der Waals surface area contributed by atoms with Gasteiger partial charge in [0.05, 0.1) is 39.7 Å². The van der Waals surface area contributed by atoms with Gasteiger partial charge in [-0.05, 0) is 44.0 Å². The molecule has 4 aromatic rings. The van der Waals surface area contributed by atoms with Gasteiger partial charge in [0.1, 0.15) is 11.6 Å². The van der Waals surface area contributed by atoms with Crippen molar-refractivity contribution in [1.82, 2.24) is 34.0 Å². The molecule has 0 fully saturated rings. The summed E-state index contributed by atoms with van der Waals surface area (Å²) in [5.74, 6) is -0.279. The predicted molar refractivity (Wildman–Crippen MR) is 174 cm³/mol. The number of aryl methyl sites for hydroxylation is 3. The van der Waals surface area contributed by atoms with Crippen LogP contribution >= 0.6 is 23.2 Å². The molecule has 2 aromatic heterocycles. The third kappa shape index (κ3) is 11.5. The molecule has 0 spiro atoms. The summed E-state index contributed by atoms with van der Waals surface area (Å²) < 4.78 is 120. The summed E-state index contributed by atoms with van der Waals surface area (Å²) in [6.07, 6.45) is -5.29. The van der Waals surface area contributed by atoms with Gasteiger partial charge in [-0.2, -0.15) is 41.6 Å². The fourth-order valence-corrected chi connectivity index (χ4v) is 6.31. The number of sulfonamides is 2. The van der Waals surface area contributed by atoms with Crippen LogP contribution in [-0.2, 0) is 26.5 Å². The van der Waals surface area contributed by atoms with Crippen LogP contribution in [0.15, 0.2) is 46.1 Å². The molecule has 0 aliphatic carbocycles. The molecule has 0 aliphatic rings. The lowest BCUT2D eigenvalue weighted by atomic mass is 10.1. The van der Waals surface area contributed by atoms with Crippen LogP contribution in [0, 0.1) is 13.8 Å². The molecule has 2 aromatic carbocycles. The lowest BCUT2D eigenvalue weighted by molar-refractivity contribution is -0.134. The molecule has 16 nitrogen and oxygen atoms in total. The number of carbonyl (C=O) groups excluding carboxylic acids is 1. The molecular weight excluding hydrogens is 780 g/mol. The molecule has 0 saturated carbocycles. The number of hydrogen-bond donors (Lipinski definition) is 3. The highest BCUT2D eigenvalue weighted by Crippen LogP contribution is 2.31. The molecule has 3 N–H and O–H groups in total. The van der Waals surface area contributed by atoms with Crippen molar-refractivity contribution in [2.75, 3.05) is 23.4 Å². The van der Waals surface area contributed by atoms with Crippen molar-refractivity contribution in [2.24, 2.45) is 0 Å². The van der Waals surface area contributed by atoms with E-state index in [2.05, 4.69) is 30.1 Å². The zero-order valence-electron chi connectivity index (χ0n) is 26.5. The van der Waals surface area contributed by atoms with Gasteiger partial charge in [-0.25, -0.2) is 35.7 Å². The van der Waals surface area contributed by atoms with E-state index < -0.39 is 62.2 Å². The molecule has 0 aliphatic heterocycles. The van der Waals surface area contributed by atoms with Crippen molar-refractivity contribution in [3.05, 3.63) is 74.1 Å². The molecule has 2 amide bonds. The number of carbonyl (C=O) groups is 1. The van der Waals surface area contributed by atoms with Crippen LogP contribution in [-0.4, -0.2) is 71.7 Å². The number of amides is 2. The normalized spacial score (nSPS) is 11.8. The van der Waals surface area contributed by atoms with Crippen molar-refractivity contribution in [2.45, 2.75) is 44.3 Å². The zero-order valence-corrected chi connectivity index (χ0v) is 29.6. The fourth-order valence-electron chi connectivity index (χ4n) is 3.99. The summed E-state index contributed by atoms with van der Waals surface area (Å²) in [6.45, 7) is -0.347. The Kier molecular flexibility index (Phi) is 12.9. The molecule has 0 atom stereocenters. The lowest BCUT2D eigenvalue weighted by Gasteiger charge is -2.13. The molecule has 0 radical (unpaired) electrons. The largest absolute Gasteiger partial charge is 0.467 e. The molecule has 2 heterocycles. The van der Waals surface area contributed by atoms with Crippen molar-refractivity contribution < 1.29 is 48.3 Å². The Morgan fingerprint density at radius 1 is 1.02 bits per heavy atom. The van der Waals surface area contributed by atoms with Crippen molar-refractivity contribution in [1.29, 1.82) is 0 Å². The van der Waals surface area contributed by atoms with Crippen LogP contribution in [0.5, 0.6) is 6.01 Å². The topological polar surface area (TPSA) is 209 Å². The minimum Gasteiger partial charge on any atom is -0.467 e. The number of nitrogens with zero attached hydrogens (tertiary/aromatic N) is 6. The van der Waals surface area contributed by atoms with Crippen LogP contribution < -0.4 is 25.2 Å². The van der Waals surface area contributed by atoms with Crippen LogP contribution in [0.3, 0.4) is 0 Å². The summed E-state index contributed by atoms with van der Waals surface area (Å²) >= 11 is 11.8. The fraction of sp³-hybridized carbons (Fsp3) is 0.308. The summed E-state index contributed by atoms with van der Waals surface area (Å²) in [4.78, 5) is 34.9. The molecule has 4 rings (SSSR count). The molecule has 278 valence electrons. The summed E-state index contributed by atoms with van der Waals surface area (Å²) in [5.41, 5.74) is -1.34. The molecule has 25 heteroatoms. The van der Waals surface area contributed by atoms with Gasteiger partial charge < -0.3 is 4.74 Å². The second-order valence-electron chi connectivity index (χ2n) is 10.0. The predicted octanol–water partition coefficient (Wildman–Crippen LogP) is 4.61. The van der Waals surface area contributed by atoms with Crippen LogP contribution in [0.1, 0.15) is 30.2 Å². The van der Waals surface area contributed by atoms with Crippen molar-refractivity contribution >= 4 is 60.9 Å². The van der Waals surface area contributed by atoms with Crippen LogP contribution in [0.4, 0.5) is 38.4 Å². The summed E-state index contributed by atoms with van der Waals surface area (Å²) in [5, 5.41) is 5.73. The van der Waals surface area contributed by atoms with E-state index >= 15 is 0 Å². The summed E-state index contributed by atoms with van der Waals surface area (Å²) in [6, 6.07) is 6.12. The van der Waals surface area contributed by atoms with Gasteiger partial charge in [0.15, 0.2) is 0 Å². The van der Waals surface area contributed by atoms with E-state index in [1.807, 2.05) is 0 Å². The van der Waals surface area contributed by atoms with E-state index in [0.717, 1.165) is 18.4 Å². The number of methoxy groups -OCH3 is 1. The molecule has 51 heavy (non-hydrogen) atoms. The molecule has 0 bridgehead atoms. The van der Waals surface area contributed by atoms with Crippen LogP contribution in [0.25, 0.3) is 5.69 Å². The van der Waals surface area contributed by atoms with Gasteiger partial charge >= 0.3 is 30.5 Å². The number of alkyl halides is 5. The SMILES string of the molecule is COc1nc(C)nc(NC(=O)NS(=O)(=O)c2ccccc2CCC(F)(F)F)n1.Cc1nn(-c2cc(NS(C)(=O)=O)c(Cl)cc2Cl)c(=O)n1C(F)F. The zero-order chi connectivity index (χ0) is 38.5. The number of urea groups is 1. The van der Waals surface area contributed by atoms with E-state index in [1.165, 1.54) is 45.2 Å². The first-order valence-corrected chi connectivity index (χ1v) is 17.8. The van der Waals surface area contributed by atoms with E-state index in [4.69, 9.17) is 27.9 Å². The van der Waals surface area contributed by atoms with E-state index in [0.29, 0.717) is 4.68 Å². The Balaban J connectivity index is 0.000000281. The Labute approximate surface area is 296 Å². The first-order chi connectivity index (χ1) is 23.5. The number of aromatic nitrogens is 6. The monoisotopic (exact) mass is 805 g/mol. The quantitative estimate of drug-likeness (QED) is 0.189. The maximum absolute atomic E-state index is 12.8. The minimum atomic E-state index is -4.45. The molecule has 0 saturated heterocycles. The average Bonchev–Trinajstić information content (AvgIpc) is 3.29. The highest BCUT2D eigenvalue weighted by molar-refractivity contribution is 7.92. The standard InChI is InChI=1S/C15H16F3N5O4S.C11H10Cl2F2N4O3S/c1-9-19-12(22-14(20-9)27-2)21-13(24)23-28(25,26)11-6-4-3-5-10(11)7-8-15(16,17)18;1-5-16-19(11(20)18(5)10(14)15)9-4-8(17-23(2,21)22)6(12)3-7(9)13/h3-6H,7-8H2,1-2H3,(H2,19,20,21,22,23,24);3-4,10,17H,1-2H3. The Morgan fingerprint density at radius 3 is 2.24 bits per heavy atom. The average molecular weight is 807 g/mol. The number of rotatable bonds is 10. The number of benzene rings is 2. The summed E-state index contributed by atoms with van der Waals surface area (Å²) in [7, 11) is -6.79. The van der Waals surface area contributed by atoms with E-state index in [1.54, 1.807) is 4.72 Å². The number of halogens is 7. The van der Waals surface area contributed by atoms with Crippen molar-refractivity contribution in [3.63, 3.8) is 0 Å². The second-order valence-corrected chi connectivity index (χ2v) is 14.2. The number of nitrogens with one attached hydrogen (secondary N) is 3. The molecule has 0 unspecified atom stereocenters. The second kappa shape index (κ2) is 16.2. The maximum Gasteiger partial charge on any atom is 0.389 e. The van der Waals surface area contributed by atoms with Gasteiger partial charge in [-0.1, -0.05) is 41.4 Å². The first-order valence-electron chi connectivity index (χ1n) is 13.7. The van der Waals surface area contributed by atoms with E-state index in [-0.39, 0.29) is 55.2 Å². The number of hydrogen-bond acceptors (Lipinski definition) is 11. The van der Waals surface area contributed by atoms with E-state index in [9.17, 15) is 48.4 Å². The van der Waals surface area contributed by atoms with Gasteiger partial charge in [0, 0.05) is 6.42 Å². The number of anilines is 2. The maximum atomic E-state index is 12.8. The van der Waals surface area contributed by atoms with Crippen molar-refractivity contribution in [3.8, 4) is 11.7 Å². The van der Waals surface area contributed by atoms with Gasteiger partial charge in [-0.15, -0.1) is 5.10 Å². The third-order valence-corrected chi connectivity index (χ3v) is 8.68. The highest BCUT2D eigenvalue weighted by atomic mass is 35.5. The minimum absolute atomic E-state index is 0.0257. The third-order valence-electron chi connectivity index (χ3n) is 6.04.